The molecule has 2 unspecified atom stereocenters. The number of fused-ring (bicyclic) bond motifs is 1. The molecule has 0 radical (unpaired) electrons. The Morgan fingerprint density at radius 2 is 1.48 bits per heavy atom. The van der Waals surface area contributed by atoms with Crippen molar-refractivity contribution in [1.29, 1.82) is 0 Å². The van der Waals surface area contributed by atoms with Crippen LogP contribution < -0.4 is 23.8 Å². The number of carbonyl (C=O) groups is 2. The van der Waals surface area contributed by atoms with Gasteiger partial charge in [-0.15, -0.1) is 0 Å². The Labute approximate surface area is 234 Å². The van der Waals surface area contributed by atoms with Crippen molar-refractivity contribution >= 4 is 17.6 Å². The summed E-state index contributed by atoms with van der Waals surface area (Å²) in [6, 6.07) is 14.2. The number of aromatic nitrogens is 1. The van der Waals surface area contributed by atoms with Gasteiger partial charge in [0.1, 0.15) is 5.82 Å². The number of anilines is 1. The topological polar surface area (TPSA) is 93.7 Å². The average Bonchev–Trinajstić information content (AvgIpc) is 3.01. The van der Waals surface area contributed by atoms with E-state index in [1.165, 1.54) is 7.11 Å². The highest BCUT2D eigenvalue weighted by molar-refractivity contribution is 6.02. The van der Waals surface area contributed by atoms with Gasteiger partial charge in [-0.2, -0.15) is 0 Å². The van der Waals surface area contributed by atoms with Gasteiger partial charge in [0.05, 0.1) is 40.4 Å². The second kappa shape index (κ2) is 11.3. The van der Waals surface area contributed by atoms with Crippen molar-refractivity contribution < 1.29 is 28.5 Å². The normalized spacial score (nSPS) is 18.7. The molecule has 0 bridgehead atoms. The maximum atomic E-state index is 14.5. The third-order valence-corrected chi connectivity index (χ3v) is 7.75. The summed E-state index contributed by atoms with van der Waals surface area (Å²) in [5, 5.41) is 0. The van der Waals surface area contributed by atoms with Crippen LogP contribution in [-0.2, 0) is 4.79 Å². The summed E-state index contributed by atoms with van der Waals surface area (Å²) in [6.45, 7) is 2.38. The fraction of sp³-hybridized carbons (Fsp3) is 0.367. The van der Waals surface area contributed by atoms with E-state index in [4.69, 9.17) is 18.9 Å². The first-order valence-corrected chi connectivity index (χ1v) is 13.1. The van der Waals surface area contributed by atoms with E-state index in [1.807, 2.05) is 35.2 Å². The molecule has 3 heterocycles. The van der Waals surface area contributed by atoms with Crippen molar-refractivity contribution in [3.8, 4) is 23.0 Å². The maximum absolute atomic E-state index is 14.5. The van der Waals surface area contributed by atoms with E-state index in [0.717, 1.165) is 11.4 Å². The quantitative estimate of drug-likeness (QED) is 0.445. The van der Waals surface area contributed by atoms with E-state index in [0.29, 0.717) is 60.3 Å². The zero-order valence-electron chi connectivity index (χ0n) is 23.4. The van der Waals surface area contributed by atoms with Gasteiger partial charge in [-0.25, -0.2) is 4.98 Å². The highest BCUT2D eigenvalue weighted by Crippen LogP contribution is 2.47. The summed E-state index contributed by atoms with van der Waals surface area (Å²) in [5.74, 6) is 1.92. The standard InChI is InChI=1S/C30H34N4O6/c1-32-28(19-9-10-22(37-2)23(16-19)38-3)27(20-17-24(39-4)25(40-5)18-21(20)29(32)35)30(36)34-14-12-33(13-15-34)26-8-6-7-11-31-26/h6-11,16-18,27-28H,12-15H2,1-5H3. The van der Waals surface area contributed by atoms with Crippen molar-refractivity contribution in [2.45, 2.75) is 12.0 Å². The Balaban J connectivity index is 1.57. The Morgan fingerprint density at radius 3 is 2.10 bits per heavy atom. The fourth-order valence-electron chi connectivity index (χ4n) is 5.66. The van der Waals surface area contributed by atoms with Crippen molar-refractivity contribution in [2.75, 3.05) is 66.6 Å². The predicted octanol–water partition coefficient (Wildman–Crippen LogP) is 3.38. The maximum Gasteiger partial charge on any atom is 0.254 e. The van der Waals surface area contributed by atoms with E-state index >= 15 is 0 Å². The summed E-state index contributed by atoms with van der Waals surface area (Å²) in [6.07, 6.45) is 1.77. The molecule has 3 aromatic rings. The number of nitrogens with zero attached hydrogens (tertiary/aromatic N) is 4. The molecule has 10 nitrogen and oxygen atoms in total. The first-order valence-electron chi connectivity index (χ1n) is 13.1. The van der Waals surface area contributed by atoms with Crippen LogP contribution in [0.15, 0.2) is 54.7 Å². The molecular weight excluding hydrogens is 512 g/mol. The molecule has 0 N–H and O–H groups in total. The molecule has 1 saturated heterocycles. The highest BCUT2D eigenvalue weighted by atomic mass is 16.5. The monoisotopic (exact) mass is 546 g/mol. The van der Waals surface area contributed by atoms with Crippen LogP contribution in [0.4, 0.5) is 5.82 Å². The number of benzene rings is 2. The van der Waals surface area contributed by atoms with Crippen molar-refractivity contribution in [1.82, 2.24) is 14.8 Å². The van der Waals surface area contributed by atoms with E-state index in [1.54, 1.807) is 57.7 Å². The smallest absolute Gasteiger partial charge is 0.254 e. The number of carbonyl (C=O) groups excluding carboxylic acids is 2. The largest absolute Gasteiger partial charge is 0.493 e. The molecule has 40 heavy (non-hydrogen) atoms. The average molecular weight is 547 g/mol. The first-order chi connectivity index (χ1) is 19.4. The van der Waals surface area contributed by atoms with Gasteiger partial charge in [-0.3, -0.25) is 9.59 Å². The van der Waals surface area contributed by atoms with Crippen LogP contribution in [-0.4, -0.2) is 88.3 Å². The summed E-state index contributed by atoms with van der Waals surface area (Å²) in [7, 11) is 7.93. The number of amides is 2. The summed E-state index contributed by atoms with van der Waals surface area (Å²) in [5.41, 5.74) is 1.79. The lowest BCUT2D eigenvalue weighted by Crippen LogP contribution is -2.53. The van der Waals surface area contributed by atoms with Crippen LogP contribution in [0.25, 0.3) is 0 Å². The second-order valence-corrected chi connectivity index (χ2v) is 9.75. The lowest BCUT2D eigenvalue weighted by molar-refractivity contribution is -0.134. The molecule has 1 aromatic heterocycles. The minimum Gasteiger partial charge on any atom is -0.493 e. The molecule has 2 aliphatic heterocycles. The first kappa shape index (κ1) is 27.1. The predicted molar refractivity (Wildman–Crippen MR) is 150 cm³/mol. The van der Waals surface area contributed by atoms with Crippen LogP contribution in [0, 0.1) is 0 Å². The molecule has 5 rings (SSSR count). The van der Waals surface area contributed by atoms with Gasteiger partial charge in [0, 0.05) is 45.0 Å². The minimum absolute atomic E-state index is 0.0618. The van der Waals surface area contributed by atoms with E-state index in [-0.39, 0.29) is 11.8 Å². The van der Waals surface area contributed by atoms with Gasteiger partial charge in [0.25, 0.3) is 5.91 Å². The molecular formula is C30H34N4O6. The molecule has 2 aliphatic rings. The van der Waals surface area contributed by atoms with Gasteiger partial charge in [-0.05, 0) is 47.5 Å². The molecule has 10 heteroatoms. The van der Waals surface area contributed by atoms with Gasteiger partial charge >= 0.3 is 0 Å². The van der Waals surface area contributed by atoms with Gasteiger partial charge in [0.2, 0.25) is 5.91 Å². The number of rotatable bonds is 7. The lowest BCUT2D eigenvalue weighted by Gasteiger charge is -2.43. The molecule has 2 aromatic carbocycles. The SMILES string of the molecule is COc1ccc(C2C(C(=O)N3CCN(c4ccccn4)CC3)c3cc(OC)c(OC)cc3C(=O)N2C)cc1OC. The number of ether oxygens (including phenoxy) is 4. The zero-order valence-corrected chi connectivity index (χ0v) is 23.4. The number of pyridine rings is 1. The summed E-state index contributed by atoms with van der Waals surface area (Å²) >= 11 is 0. The third kappa shape index (κ3) is 4.74. The van der Waals surface area contributed by atoms with E-state index < -0.39 is 12.0 Å². The van der Waals surface area contributed by atoms with Crippen LogP contribution in [0.5, 0.6) is 23.0 Å². The van der Waals surface area contributed by atoms with Gasteiger partial charge in [-0.1, -0.05) is 12.1 Å². The minimum atomic E-state index is -0.683. The molecule has 210 valence electrons. The van der Waals surface area contributed by atoms with Crippen LogP contribution in [0.2, 0.25) is 0 Å². The van der Waals surface area contributed by atoms with Gasteiger partial charge in [0.15, 0.2) is 23.0 Å². The highest BCUT2D eigenvalue weighted by Gasteiger charge is 2.45. The van der Waals surface area contributed by atoms with Crippen LogP contribution >= 0.6 is 0 Å². The number of hydrogen-bond donors (Lipinski definition) is 0. The van der Waals surface area contributed by atoms with E-state index in [2.05, 4.69) is 9.88 Å². The number of methoxy groups -OCH3 is 4. The molecule has 2 amide bonds. The number of likely N-dealkylation sites (N-methyl/N-ethyl adjacent to an activating group) is 1. The molecule has 2 atom stereocenters. The third-order valence-electron chi connectivity index (χ3n) is 7.75. The number of piperazine rings is 1. The Kier molecular flexibility index (Phi) is 7.68. The Bertz CT molecular complexity index is 1390. The Morgan fingerprint density at radius 1 is 0.825 bits per heavy atom. The van der Waals surface area contributed by atoms with Crippen molar-refractivity contribution in [3.63, 3.8) is 0 Å². The van der Waals surface area contributed by atoms with Crippen LogP contribution in [0.1, 0.15) is 33.4 Å². The van der Waals surface area contributed by atoms with Crippen LogP contribution in [0.3, 0.4) is 0 Å². The zero-order chi connectivity index (χ0) is 28.4. The number of hydrogen-bond acceptors (Lipinski definition) is 8. The summed E-state index contributed by atoms with van der Waals surface area (Å²) < 4.78 is 22.1. The molecule has 1 fully saturated rings. The Hall–Kier alpha value is -4.47. The summed E-state index contributed by atoms with van der Waals surface area (Å²) in [4.78, 5) is 38.3. The van der Waals surface area contributed by atoms with E-state index in [9.17, 15) is 9.59 Å². The van der Waals surface area contributed by atoms with Gasteiger partial charge < -0.3 is 33.6 Å². The lowest BCUT2D eigenvalue weighted by atomic mass is 9.78. The molecule has 0 aliphatic carbocycles. The fourth-order valence-corrected chi connectivity index (χ4v) is 5.66. The second-order valence-electron chi connectivity index (χ2n) is 9.75. The molecule has 0 spiro atoms. The van der Waals surface area contributed by atoms with Crippen molar-refractivity contribution in [3.05, 3.63) is 71.4 Å². The molecule has 0 saturated carbocycles. The van der Waals surface area contributed by atoms with Crippen molar-refractivity contribution in [2.24, 2.45) is 0 Å².